The van der Waals surface area contributed by atoms with Crippen LogP contribution in [0.4, 0.5) is 0 Å². The first-order valence-corrected chi connectivity index (χ1v) is 9.19. The lowest BCUT2D eigenvalue weighted by molar-refractivity contribution is 0.435. The predicted octanol–water partition coefficient (Wildman–Crippen LogP) is 7.60. The van der Waals surface area contributed by atoms with E-state index in [1.54, 1.807) is 0 Å². The van der Waals surface area contributed by atoms with Crippen LogP contribution in [0.5, 0.6) is 0 Å². The molecular formula is C21H32S. The van der Waals surface area contributed by atoms with Crippen LogP contribution in [-0.2, 0) is 0 Å². The maximum atomic E-state index is 4.16. The molecule has 0 aliphatic carbocycles. The van der Waals surface area contributed by atoms with Gasteiger partial charge in [0, 0.05) is 9.75 Å². The summed E-state index contributed by atoms with van der Waals surface area (Å²) in [5, 5.41) is 0. The maximum Gasteiger partial charge on any atom is 0.0302 e. The molecule has 0 amide bonds. The fourth-order valence-electron chi connectivity index (χ4n) is 2.46. The lowest BCUT2D eigenvalue weighted by atomic mass is 9.78. The van der Waals surface area contributed by atoms with Gasteiger partial charge in [-0.05, 0) is 61.3 Å². The summed E-state index contributed by atoms with van der Waals surface area (Å²) in [6.45, 7) is 19.9. The Labute approximate surface area is 141 Å². The Morgan fingerprint density at radius 1 is 1.23 bits per heavy atom. The smallest absolute Gasteiger partial charge is 0.0302 e. The van der Waals surface area contributed by atoms with Gasteiger partial charge < -0.3 is 0 Å². The van der Waals surface area contributed by atoms with Gasteiger partial charge >= 0.3 is 0 Å². The SMILES string of the molecule is C=C(C)/C(=C\C=C(/C)c1ccc(C(C)CC)s1)C(C)(C)CC. The van der Waals surface area contributed by atoms with Crippen LogP contribution >= 0.6 is 11.3 Å². The first kappa shape index (κ1) is 19.0. The molecule has 0 saturated carbocycles. The first-order valence-electron chi connectivity index (χ1n) is 8.38. The Bertz CT molecular complexity index is 566. The standard InChI is InChI=1S/C21H32S/c1-9-16(5)19-13-14-20(22-19)17(6)11-12-18(15(3)4)21(7,8)10-2/h11-14,16H,3,9-10H2,1-2,4-8H3/b17-11+,18-12+. The summed E-state index contributed by atoms with van der Waals surface area (Å²) in [5.74, 6) is 0.659. The first-order chi connectivity index (χ1) is 10.2. The van der Waals surface area contributed by atoms with E-state index in [9.17, 15) is 0 Å². The van der Waals surface area contributed by atoms with Gasteiger partial charge in [0.1, 0.15) is 0 Å². The van der Waals surface area contributed by atoms with Crippen molar-refractivity contribution in [2.45, 2.75) is 67.2 Å². The van der Waals surface area contributed by atoms with E-state index in [1.165, 1.54) is 32.9 Å². The third-order valence-electron chi connectivity index (χ3n) is 4.69. The van der Waals surface area contributed by atoms with E-state index in [1.807, 2.05) is 11.3 Å². The molecule has 1 rings (SSSR count). The van der Waals surface area contributed by atoms with E-state index in [4.69, 9.17) is 0 Å². The minimum absolute atomic E-state index is 0.181. The quantitative estimate of drug-likeness (QED) is 0.454. The molecule has 0 nitrogen and oxygen atoms in total. The van der Waals surface area contributed by atoms with Crippen molar-refractivity contribution >= 4 is 16.9 Å². The molecule has 1 atom stereocenters. The summed E-state index contributed by atoms with van der Waals surface area (Å²) in [5.41, 5.74) is 4.04. The van der Waals surface area contributed by atoms with Gasteiger partial charge in [0.25, 0.3) is 0 Å². The van der Waals surface area contributed by atoms with E-state index < -0.39 is 0 Å². The average molecular weight is 317 g/mol. The van der Waals surface area contributed by atoms with Gasteiger partial charge in [0.05, 0.1) is 0 Å². The molecule has 0 radical (unpaired) electrons. The molecule has 0 aliphatic rings. The Hall–Kier alpha value is -1.08. The zero-order chi connectivity index (χ0) is 16.9. The van der Waals surface area contributed by atoms with E-state index in [2.05, 4.69) is 79.3 Å². The Kier molecular flexibility index (Phi) is 6.87. The molecule has 0 saturated heterocycles. The fraction of sp³-hybridized carbons (Fsp3) is 0.524. The molecule has 1 heterocycles. The van der Waals surface area contributed by atoms with E-state index >= 15 is 0 Å². The minimum Gasteiger partial charge on any atom is -0.140 e. The molecule has 22 heavy (non-hydrogen) atoms. The van der Waals surface area contributed by atoms with Gasteiger partial charge in [-0.15, -0.1) is 11.3 Å². The molecule has 122 valence electrons. The van der Waals surface area contributed by atoms with Gasteiger partial charge in [-0.1, -0.05) is 58.9 Å². The molecule has 0 aliphatic heterocycles. The van der Waals surface area contributed by atoms with Crippen molar-refractivity contribution in [3.8, 4) is 0 Å². The highest BCUT2D eigenvalue weighted by Crippen LogP contribution is 2.35. The van der Waals surface area contributed by atoms with Crippen LogP contribution < -0.4 is 0 Å². The van der Waals surface area contributed by atoms with Crippen LogP contribution in [0.3, 0.4) is 0 Å². The molecule has 1 aromatic heterocycles. The van der Waals surface area contributed by atoms with Gasteiger partial charge in [-0.25, -0.2) is 0 Å². The molecule has 0 bridgehead atoms. The third kappa shape index (κ3) is 4.71. The van der Waals surface area contributed by atoms with Crippen molar-refractivity contribution in [1.29, 1.82) is 0 Å². The molecule has 1 aromatic rings. The summed E-state index contributed by atoms with van der Waals surface area (Å²) < 4.78 is 0. The van der Waals surface area contributed by atoms with E-state index in [0.717, 1.165) is 6.42 Å². The number of rotatable bonds is 7. The Balaban J connectivity index is 3.07. The summed E-state index contributed by atoms with van der Waals surface area (Å²) in [4.78, 5) is 2.87. The van der Waals surface area contributed by atoms with Crippen molar-refractivity contribution in [2.24, 2.45) is 5.41 Å². The van der Waals surface area contributed by atoms with Gasteiger partial charge in [0.2, 0.25) is 0 Å². The molecule has 1 unspecified atom stereocenters. The average Bonchev–Trinajstić information content (AvgIpc) is 2.95. The second-order valence-corrected chi connectivity index (χ2v) is 8.07. The highest BCUT2D eigenvalue weighted by molar-refractivity contribution is 7.13. The van der Waals surface area contributed by atoms with Crippen LogP contribution in [0, 0.1) is 5.41 Å². The predicted molar refractivity (Wildman–Crippen MR) is 104 cm³/mol. The van der Waals surface area contributed by atoms with Crippen molar-refractivity contribution in [3.05, 3.63) is 51.8 Å². The lowest BCUT2D eigenvalue weighted by Gasteiger charge is -2.27. The van der Waals surface area contributed by atoms with E-state index in [0.29, 0.717) is 5.92 Å². The molecular weight excluding hydrogens is 284 g/mol. The molecule has 0 N–H and O–H groups in total. The summed E-state index contributed by atoms with van der Waals surface area (Å²) in [6.07, 6.45) is 6.85. The minimum atomic E-state index is 0.181. The summed E-state index contributed by atoms with van der Waals surface area (Å²) in [7, 11) is 0. The zero-order valence-electron chi connectivity index (χ0n) is 15.4. The highest BCUT2D eigenvalue weighted by atomic mass is 32.1. The van der Waals surface area contributed by atoms with Crippen molar-refractivity contribution in [3.63, 3.8) is 0 Å². The van der Waals surface area contributed by atoms with Crippen molar-refractivity contribution in [1.82, 2.24) is 0 Å². The lowest BCUT2D eigenvalue weighted by Crippen LogP contribution is -2.13. The number of thiophene rings is 1. The second-order valence-electron chi connectivity index (χ2n) is 6.96. The van der Waals surface area contributed by atoms with Crippen LogP contribution in [0.1, 0.15) is 77.0 Å². The van der Waals surface area contributed by atoms with Crippen LogP contribution in [0.15, 0.2) is 42.0 Å². The summed E-state index contributed by atoms with van der Waals surface area (Å²) in [6, 6.07) is 4.54. The number of allylic oxidation sites excluding steroid dienone is 5. The Morgan fingerprint density at radius 2 is 1.86 bits per heavy atom. The van der Waals surface area contributed by atoms with Gasteiger partial charge in [0.15, 0.2) is 0 Å². The third-order valence-corrected chi connectivity index (χ3v) is 6.14. The molecule has 0 aromatic carbocycles. The fourth-order valence-corrected chi connectivity index (χ4v) is 3.58. The summed E-state index contributed by atoms with van der Waals surface area (Å²) >= 11 is 1.93. The van der Waals surface area contributed by atoms with Crippen LogP contribution in [-0.4, -0.2) is 0 Å². The number of hydrogen-bond donors (Lipinski definition) is 0. The normalized spacial score (nSPS) is 15.0. The van der Waals surface area contributed by atoms with Gasteiger partial charge in [-0.3, -0.25) is 0 Å². The van der Waals surface area contributed by atoms with Crippen LogP contribution in [0.25, 0.3) is 5.57 Å². The Morgan fingerprint density at radius 3 is 2.36 bits per heavy atom. The molecule has 0 spiro atoms. The molecule has 1 heteroatoms. The molecule has 0 fully saturated rings. The largest absolute Gasteiger partial charge is 0.140 e. The van der Waals surface area contributed by atoms with Crippen molar-refractivity contribution in [2.75, 3.05) is 0 Å². The van der Waals surface area contributed by atoms with Gasteiger partial charge in [-0.2, -0.15) is 0 Å². The van der Waals surface area contributed by atoms with Crippen LogP contribution in [0.2, 0.25) is 0 Å². The van der Waals surface area contributed by atoms with E-state index in [-0.39, 0.29) is 5.41 Å². The maximum absolute atomic E-state index is 4.16. The number of hydrogen-bond acceptors (Lipinski definition) is 1. The topological polar surface area (TPSA) is 0 Å². The monoisotopic (exact) mass is 316 g/mol. The van der Waals surface area contributed by atoms with Crippen molar-refractivity contribution < 1.29 is 0 Å². The zero-order valence-corrected chi connectivity index (χ0v) is 16.2. The highest BCUT2D eigenvalue weighted by Gasteiger charge is 2.20. The second kappa shape index (κ2) is 7.97.